The van der Waals surface area contributed by atoms with Gasteiger partial charge in [-0.3, -0.25) is 0 Å². The maximum absolute atomic E-state index is 13.6. The number of rotatable bonds is 3. The Balaban J connectivity index is 2.20. The van der Waals surface area contributed by atoms with Crippen molar-refractivity contribution in [1.29, 1.82) is 0 Å². The quantitative estimate of drug-likeness (QED) is 0.839. The van der Waals surface area contributed by atoms with Crippen molar-refractivity contribution in [3.8, 4) is 0 Å². The van der Waals surface area contributed by atoms with Gasteiger partial charge in [0.05, 0.1) is 0 Å². The van der Waals surface area contributed by atoms with E-state index in [4.69, 9.17) is 0 Å². The van der Waals surface area contributed by atoms with Crippen molar-refractivity contribution in [1.82, 2.24) is 5.32 Å². The molecule has 1 fully saturated rings. The fourth-order valence-corrected chi connectivity index (χ4v) is 3.03. The Kier molecular flexibility index (Phi) is 3.82. The molecule has 0 saturated heterocycles. The third kappa shape index (κ3) is 2.68. The molecule has 1 aliphatic rings. The molecule has 3 unspecified atom stereocenters. The lowest BCUT2D eigenvalue weighted by Gasteiger charge is -2.24. The third-order valence-corrected chi connectivity index (χ3v) is 4.07. The Labute approximate surface area is 103 Å². The lowest BCUT2D eigenvalue weighted by Crippen LogP contribution is -2.24. The summed E-state index contributed by atoms with van der Waals surface area (Å²) < 4.78 is 13.6. The van der Waals surface area contributed by atoms with Crippen LogP contribution in [0.2, 0.25) is 0 Å². The van der Waals surface area contributed by atoms with Crippen LogP contribution in [0.5, 0.6) is 0 Å². The predicted molar refractivity (Wildman–Crippen MR) is 69.4 cm³/mol. The van der Waals surface area contributed by atoms with Gasteiger partial charge in [-0.15, -0.1) is 0 Å². The molecule has 94 valence electrons. The summed E-state index contributed by atoms with van der Waals surface area (Å²) in [6, 6.07) is 5.94. The lowest BCUT2D eigenvalue weighted by molar-refractivity contribution is 0.378. The van der Waals surface area contributed by atoms with Gasteiger partial charge in [0.15, 0.2) is 0 Å². The first kappa shape index (κ1) is 12.6. The minimum Gasteiger partial charge on any atom is -0.313 e. The topological polar surface area (TPSA) is 12.0 Å². The van der Waals surface area contributed by atoms with Crippen molar-refractivity contribution in [3.63, 3.8) is 0 Å². The van der Waals surface area contributed by atoms with Crippen LogP contribution in [0.3, 0.4) is 0 Å². The molecule has 17 heavy (non-hydrogen) atoms. The van der Waals surface area contributed by atoms with Gasteiger partial charge in [0.1, 0.15) is 5.82 Å². The molecule has 1 aromatic carbocycles. The SMILES string of the molecule is CNC(c1ccc(C)c(F)c1)C1CCC(C)C1. The fraction of sp³-hybridized carbons (Fsp3) is 0.600. The summed E-state index contributed by atoms with van der Waals surface area (Å²) in [6.07, 6.45) is 3.81. The van der Waals surface area contributed by atoms with Crippen LogP contribution in [0.1, 0.15) is 43.4 Å². The van der Waals surface area contributed by atoms with Gasteiger partial charge in [0.25, 0.3) is 0 Å². The molecule has 1 N–H and O–H groups in total. The van der Waals surface area contributed by atoms with Gasteiger partial charge in [0.2, 0.25) is 0 Å². The van der Waals surface area contributed by atoms with E-state index >= 15 is 0 Å². The highest BCUT2D eigenvalue weighted by Gasteiger charge is 2.29. The highest BCUT2D eigenvalue weighted by atomic mass is 19.1. The molecule has 1 aliphatic carbocycles. The summed E-state index contributed by atoms with van der Waals surface area (Å²) >= 11 is 0. The molecule has 0 amide bonds. The van der Waals surface area contributed by atoms with E-state index in [1.165, 1.54) is 19.3 Å². The second-order valence-corrected chi connectivity index (χ2v) is 5.45. The molecule has 0 radical (unpaired) electrons. The Hall–Kier alpha value is -0.890. The van der Waals surface area contributed by atoms with E-state index in [1.807, 2.05) is 20.0 Å². The van der Waals surface area contributed by atoms with Crippen LogP contribution < -0.4 is 5.32 Å². The van der Waals surface area contributed by atoms with Crippen molar-refractivity contribution >= 4 is 0 Å². The predicted octanol–water partition coefficient (Wildman–Crippen LogP) is 3.83. The van der Waals surface area contributed by atoms with Gasteiger partial charge in [-0.2, -0.15) is 0 Å². The smallest absolute Gasteiger partial charge is 0.126 e. The Morgan fingerprint density at radius 1 is 1.35 bits per heavy atom. The number of hydrogen-bond acceptors (Lipinski definition) is 1. The van der Waals surface area contributed by atoms with Crippen molar-refractivity contribution in [2.75, 3.05) is 7.05 Å². The van der Waals surface area contributed by atoms with E-state index in [1.54, 1.807) is 6.07 Å². The fourth-order valence-electron chi connectivity index (χ4n) is 3.03. The van der Waals surface area contributed by atoms with Crippen LogP contribution in [0.4, 0.5) is 4.39 Å². The molecule has 2 rings (SSSR count). The number of halogens is 1. The molecule has 0 bridgehead atoms. The van der Waals surface area contributed by atoms with E-state index in [9.17, 15) is 4.39 Å². The molecule has 2 heteroatoms. The molecule has 3 atom stereocenters. The minimum atomic E-state index is -0.0891. The van der Waals surface area contributed by atoms with Crippen molar-refractivity contribution in [2.24, 2.45) is 11.8 Å². The minimum absolute atomic E-state index is 0.0891. The monoisotopic (exact) mass is 235 g/mol. The van der Waals surface area contributed by atoms with Crippen LogP contribution in [-0.4, -0.2) is 7.05 Å². The second-order valence-electron chi connectivity index (χ2n) is 5.45. The van der Waals surface area contributed by atoms with Crippen molar-refractivity contribution in [3.05, 3.63) is 35.1 Å². The first-order chi connectivity index (χ1) is 8.11. The van der Waals surface area contributed by atoms with Crippen LogP contribution in [-0.2, 0) is 0 Å². The summed E-state index contributed by atoms with van der Waals surface area (Å²) in [5.41, 5.74) is 1.82. The van der Waals surface area contributed by atoms with Gasteiger partial charge < -0.3 is 5.32 Å². The van der Waals surface area contributed by atoms with Crippen LogP contribution >= 0.6 is 0 Å². The number of hydrogen-bond donors (Lipinski definition) is 1. The molecular weight excluding hydrogens is 213 g/mol. The van der Waals surface area contributed by atoms with E-state index < -0.39 is 0 Å². The van der Waals surface area contributed by atoms with Gasteiger partial charge in [-0.25, -0.2) is 4.39 Å². The van der Waals surface area contributed by atoms with Crippen molar-refractivity contribution in [2.45, 2.75) is 39.2 Å². The van der Waals surface area contributed by atoms with Crippen LogP contribution in [0.15, 0.2) is 18.2 Å². The van der Waals surface area contributed by atoms with E-state index in [0.29, 0.717) is 12.0 Å². The summed E-state index contributed by atoms with van der Waals surface area (Å²) in [6.45, 7) is 4.12. The van der Waals surface area contributed by atoms with Gasteiger partial charge in [0, 0.05) is 6.04 Å². The van der Waals surface area contributed by atoms with Gasteiger partial charge >= 0.3 is 0 Å². The van der Waals surface area contributed by atoms with Crippen LogP contribution in [0.25, 0.3) is 0 Å². The maximum Gasteiger partial charge on any atom is 0.126 e. The van der Waals surface area contributed by atoms with Gasteiger partial charge in [-0.1, -0.05) is 25.5 Å². The number of benzene rings is 1. The summed E-state index contributed by atoms with van der Waals surface area (Å²) in [4.78, 5) is 0. The first-order valence-electron chi connectivity index (χ1n) is 6.55. The van der Waals surface area contributed by atoms with E-state index in [0.717, 1.165) is 17.0 Å². The van der Waals surface area contributed by atoms with E-state index in [2.05, 4.69) is 18.3 Å². The standard InChI is InChI=1S/C15H22FN/c1-10-4-6-12(8-10)15(17-3)13-7-5-11(2)14(16)9-13/h5,7,9-10,12,15,17H,4,6,8H2,1-3H3. The Bertz CT molecular complexity index is 389. The van der Waals surface area contributed by atoms with Crippen LogP contribution in [0, 0.1) is 24.6 Å². The summed E-state index contributed by atoms with van der Waals surface area (Å²) in [5.74, 6) is 1.37. The van der Waals surface area contributed by atoms with Gasteiger partial charge in [-0.05, 0) is 55.8 Å². The zero-order valence-corrected chi connectivity index (χ0v) is 11.0. The normalized spacial score (nSPS) is 26.1. The zero-order chi connectivity index (χ0) is 12.4. The zero-order valence-electron chi connectivity index (χ0n) is 11.0. The summed E-state index contributed by atoms with van der Waals surface area (Å²) in [7, 11) is 1.98. The largest absolute Gasteiger partial charge is 0.313 e. The molecule has 1 saturated carbocycles. The highest BCUT2D eigenvalue weighted by molar-refractivity contribution is 5.26. The number of nitrogens with one attached hydrogen (secondary N) is 1. The average Bonchev–Trinajstić information content (AvgIpc) is 2.71. The Morgan fingerprint density at radius 3 is 2.65 bits per heavy atom. The number of aryl methyl sites for hydroxylation is 1. The second kappa shape index (κ2) is 5.18. The third-order valence-electron chi connectivity index (χ3n) is 4.07. The molecule has 1 aromatic rings. The molecule has 0 spiro atoms. The molecule has 0 aliphatic heterocycles. The molecule has 1 nitrogen and oxygen atoms in total. The molecular formula is C15H22FN. The molecule has 0 heterocycles. The first-order valence-corrected chi connectivity index (χ1v) is 6.55. The Morgan fingerprint density at radius 2 is 2.12 bits per heavy atom. The summed E-state index contributed by atoms with van der Waals surface area (Å²) in [5, 5.41) is 3.36. The van der Waals surface area contributed by atoms with E-state index in [-0.39, 0.29) is 5.82 Å². The average molecular weight is 235 g/mol. The lowest BCUT2D eigenvalue weighted by atomic mass is 9.90. The van der Waals surface area contributed by atoms with Crippen molar-refractivity contribution < 1.29 is 4.39 Å². The highest BCUT2D eigenvalue weighted by Crippen LogP contribution is 2.38. The maximum atomic E-state index is 13.6. The molecule has 0 aromatic heterocycles.